The first kappa shape index (κ1) is 12.0. The van der Waals surface area contributed by atoms with Crippen LogP contribution in [0.15, 0.2) is 0 Å². The van der Waals surface area contributed by atoms with Crippen molar-refractivity contribution in [3.63, 3.8) is 0 Å². The average Bonchev–Trinajstić information content (AvgIpc) is 2.41. The molecule has 0 saturated heterocycles. The molecular weight excluding hydrogens is 198 g/mol. The first-order chi connectivity index (χ1) is 6.84. The Morgan fingerprint density at radius 1 is 1.47 bits per heavy atom. The Bertz CT molecular complexity index is 291. The van der Waals surface area contributed by atoms with Gasteiger partial charge in [0.1, 0.15) is 5.54 Å². The van der Waals surface area contributed by atoms with Crippen molar-refractivity contribution in [1.29, 1.82) is 0 Å². The van der Waals surface area contributed by atoms with Gasteiger partial charge in [0.2, 0.25) is 0 Å². The van der Waals surface area contributed by atoms with E-state index in [2.05, 4.69) is 0 Å². The Hall–Kier alpha value is -1.10. The van der Waals surface area contributed by atoms with Gasteiger partial charge in [-0.1, -0.05) is 20.3 Å². The zero-order valence-electron chi connectivity index (χ0n) is 8.93. The van der Waals surface area contributed by atoms with Crippen LogP contribution >= 0.6 is 0 Å². The largest absolute Gasteiger partial charge is 0.481 e. The van der Waals surface area contributed by atoms with Crippen LogP contribution in [0.25, 0.3) is 0 Å². The van der Waals surface area contributed by atoms with E-state index < -0.39 is 23.4 Å². The van der Waals surface area contributed by atoms with Crippen molar-refractivity contribution >= 4 is 11.9 Å². The van der Waals surface area contributed by atoms with Crippen LogP contribution < -0.4 is 5.73 Å². The fourth-order valence-electron chi connectivity index (χ4n) is 2.62. The maximum absolute atomic E-state index is 11.0. The normalized spacial score (nSPS) is 40.3. The monoisotopic (exact) mass is 215 g/mol. The van der Waals surface area contributed by atoms with E-state index in [0.29, 0.717) is 6.42 Å². The summed E-state index contributed by atoms with van der Waals surface area (Å²) in [5.41, 5.74) is 4.39. The minimum Gasteiger partial charge on any atom is -0.481 e. The van der Waals surface area contributed by atoms with Gasteiger partial charge in [-0.05, 0) is 18.3 Å². The summed E-state index contributed by atoms with van der Waals surface area (Å²) in [5.74, 6) is -3.13. The van der Waals surface area contributed by atoms with Gasteiger partial charge in [-0.3, -0.25) is 9.59 Å². The quantitative estimate of drug-likeness (QED) is 0.637. The summed E-state index contributed by atoms with van der Waals surface area (Å²) >= 11 is 0. The molecule has 0 heterocycles. The molecule has 0 spiro atoms. The summed E-state index contributed by atoms with van der Waals surface area (Å²) in [6, 6.07) is 0. The zero-order valence-corrected chi connectivity index (χ0v) is 8.93. The van der Waals surface area contributed by atoms with Crippen LogP contribution in [0.1, 0.15) is 26.7 Å². The molecule has 0 aromatic rings. The fourth-order valence-corrected chi connectivity index (χ4v) is 2.62. The molecule has 0 aliphatic heterocycles. The highest BCUT2D eigenvalue weighted by atomic mass is 16.4. The lowest BCUT2D eigenvalue weighted by atomic mass is 9.83. The third kappa shape index (κ3) is 1.71. The molecule has 86 valence electrons. The Balaban J connectivity index is 3.01. The van der Waals surface area contributed by atoms with Gasteiger partial charge in [0.05, 0.1) is 5.92 Å². The Kier molecular flexibility index (Phi) is 3.04. The topological polar surface area (TPSA) is 101 Å². The first-order valence-electron chi connectivity index (χ1n) is 5.09. The minimum atomic E-state index is -1.39. The first-order valence-corrected chi connectivity index (χ1v) is 5.09. The van der Waals surface area contributed by atoms with Gasteiger partial charge in [-0.25, -0.2) is 0 Å². The van der Waals surface area contributed by atoms with E-state index in [4.69, 9.17) is 15.9 Å². The van der Waals surface area contributed by atoms with Crippen molar-refractivity contribution in [2.45, 2.75) is 32.2 Å². The predicted octanol–water partition coefficient (Wildman–Crippen LogP) is 0.535. The number of carboxylic acid groups (broad SMARTS) is 2. The van der Waals surface area contributed by atoms with Gasteiger partial charge >= 0.3 is 11.9 Å². The second-order valence-electron chi connectivity index (χ2n) is 4.36. The zero-order chi connectivity index (χ0) is 11.8. The highest BCUT2D eigenvalue weighted by molar-refractivity contribution is 5.82. The number of carboxylic acids is 2. The van der Waals surface area contributed by atoms with E-state index in [-0.39, 0.29) is 18.3 Å². The third-order valence-corrected chi connectivity index (χ3v) is 3.72. The molecule has 0 radical (unpaired) electrons. The van der Waals surface area contributed by atoms with Crippen LogP contribution in [-0.2, 0) is 9.59 Å². The van der Waals surface area contributed by atoms with Gasteiger partial charge in [-0.2, -0.15) is 0 Å². The summed E-state index contributed by atoms with van der Waals surface area (Å²) in [7, 11) is 0. The third-order valence-electron chi connectivity index (χ3n) is 3.72. The van der Waals surface area contributed by atoms with E-state index >= 15 is 0 Å². The predicted molar refractivity (Wildman–Crippen MR) is 53.2 cm³/mol. The van der Waals surface area contributed by atoms with Crippen molar-refractivity contribution < 1.29 is 19.8 Å². The van der Waals surface area contributed by atoms with Crippen molar-refractivity contribution in [2.75, 3.05) is 0 Å². The van der Waals surface area contributed by atoms with E-state index in [1.165, 1.54) is 0 Å². The van der Waals surface area contributed by atoms with Crippen LogP contribution in [0, 0.1) is 17.8 Å². The maximum Gasteiger partial charge on any atom is 0.323 e. The van der Waals surface area contributed by atoms with Gasteiger partial charge in [0.15, 0.2) is 0 Å². The number of hydrogen-bond acceptors (Lipinski definition) is 3. The second-order valence-corrected chi connectivity index (χ2v) is 4.36. The molecule has 4 unspecified atom stereocenters. The number of aliphatic carboxylic acids is 2. The van der Waals surface area contributed by atoms with Crippen LogP contribution in [0.2, 0.25) is 0 Å². The molecule has 4 atom stereocenters. The molecule has 1 fully saturated rings. The maximum atomic E-state index is 11.0. The summed E-state index contributed by atoms with van der Waals surface area (Å²) in [6.07, 6.45) is 0.668. The SMILES string of the molecule is CCC1C(C(=O)O)CC(N)(C(=O)O)C1C. The van der Waals surface area contributed by atoms with E-state index in [9.17, 15) is 9.59 Å². The van der Waals surface area contributed by atoms with Gasteiger partial charge < -0.3 is 15.9 Å². The molecular formula is C10H17NO4. The lowest BCUT2D eigenvalue weighted by molar-refractivity contribution is -0.145. The van der Waals surface area contributed by atoms with Gasteiger partial charge in [0, 0.05) is 0 Å². The van der Waals surface area contributed by atoms with Gasteiger partial charge in [-0.15, -0.1) is 0 Å². The molecule has 0 bridgehead atoms. The second kappa shape index (κ2) is 3.81. The van der Waals surface area contributed by atoms with Crippen molar-refractivity contribution in [3.8, 4) is 0 Å². The lowest BCUT2D eigenvalue weighted by Gasteiger charge is -2.26. The highest BCUT2D eigenvalue weighted by Gasteiger charge is 2.55. The number of rotatable bonds is 3. The number of nitrogens with two attached hydrogens (primary N) is 1. The fraction of sp³-hybridized carbons (Fsp3) is 0.800. The van der Waals surface area contributed by atoms with Crippen molar-refractivity contribution in [1.82, 2.24) is 0 Å². The van der Waals surface area contributed by atoms with Crippen LogP contribution in [0.5, 0.6) is 0 Å². The summed E-state index contributed by atoms with van der Waals surface area (Å²) < 4.78 is 0. The van der Waals surface area contributed by atoms with Crippen LogP contribution in [0.4, 0.5) is 0 Å². The standard InChI is InChI=1S/C10H17NO4/c1-3-6-5(2)10(11,9(14)15)4-7(6)8(12)13/h5-7H,3-4,11H2,1-2H3,(H,12,13)(H,14,15). The van der Waals surface area contributed by atoms with Crippen LogP contribution in [-0.4, -0.2) is 27.7 Å². The summed E-state index contributed by atoms with van der Waals surface area (Å²) in [5, 5.41) is 18.0. The number of carbonyl (C=O) groups is 2. The molecule has 1 saturated carbocycles. The van der Waals surface area contributed by atoms with Crippen molar-refractivity contribution in [2.24, 2.45) is 23.5 Å². The molecule has 5 nitrogen and oxygen atoms in total. The molecule has 0 aromatic heterocycles. The molecule has 0 amide bonds. The van der Waals surface area contributed by atoms with E-state index in [1.807, 2.05) is 6.92 Å². The molecule has 15 heavy (non-hydrogen) atoms. The average molecular weight is 215 g/mol. The van der Waals surface area contributed by atoms with Crippen LogP contribution in [0.3, 0.4) is 0 Å². The molecule has 4 N–H and O–H groups in total. The van der Waals surface area contributed by atoms with Gasteiger partial charge in [0.25, 0.3) is 0 Å². The summed E-state index contributed by atoms with van der Waals surface area (Å²) in [4.78, 5) is 22.0. The smallest absolute Gasteiger partial charge is 0.323 e. The Morgan fingerprint density at radius 3 is 2.27 bits per heavy atom. The Labute approximate surface area is 88.3 Å². The highest BCUT2D eigenvalue weighted by Crippen LogP contribution is 2.44. The Morgan fingerprint density at radius 2 is 2.00 bits per heavy atom. The number of hydrogen-bond donors (Lipinski definition) is 3. The molecule has 1 aliphatic carbocycles. The lowest BCUT2D eigenvalue weighted by Crippen LogP contribution is -2.51. The molecule has 5 heteroatoms. The van der Waals surface area contributed by atoms with Crippen molar-refractivity contribution in [3.05, 3.63) is 0 Å². The molecule has 1 aliphatic rings. The van der Waals surface area contributed by atoms with E-state index in [0.717, 1.165) is 0 Å². The minimum absolute atomic E-state index is 0.0251. The molecule has 0 aromatic carbocycles. The summed E-state index contributed by atoms with van der Waals surface area (Å²) in [6.45, 7) is 3.59. The molecule has 1 rings (SSSR count). The van der Waals surface area contributed by atoms with E-state index in [1.54, 1.807) is 6.92 Å².